The number of nitrogens with two attached hydrogens (primary N) is 1. The molecule has 0 aliphatic carbocycles. The second kappa shape index (κ2) is 11.1. The van der Waals surface area contributed by atoms with Gasteiger partial charge in [0.1, 0.15) is 5.82 Å². The molecule has 2 N–H and O–H groups in total. The third-order valence-electron chi connectivity index (χ3n) is 5.00. The number of carbonyl (C=O) groups is 1. The molecule has 1 aromatic heterocycles. The summed E-state index contributed by atoms with van der Waals surface area (Å²) in [7, 11) is 2.19. The Morgan fingerprint density at radius 2 is 1.81 bits per heavy atom. The molecule has 2 heterocycles. The average Bonchev–Trinajstić information content (AvgIpc) is 2.67. The first-order valence-electron chi connectivity index (χ1n) is 8.88. The summed E-state index contributed by atoms with van der Waals surface area (Å²) in [4.78, 5) is 20.9. The van der Waals surface area contributed by atoms with Gasteiger partial charge in [0.25, 0.3) is 5.91 Å². The molecular formula is C20H28Cl2N4O. The van der Waals surface area contributed by atoms with Crippen molar-refractivity contribution in [1.29, 1.82) is 0 Å². The molecule has 1 aliphatic heterocycles. The molecule has 2 aromatic rings. The number of amides is 1. The van der Waals surface area contributed by atoms with Gasteiger partial charge in [0.05, 0.1) is 5.56 Å². The van der Waals surface area contributed by atoms with Crippen molar-refractivity contribution in [2.45, 2.75) is 25.3 Å². The van der Waals surface area contributed by atoms with Gasteiger partial charge in [0, 0.05) is 31.9 Å². The maximum absolute atomic E-state index is 12.5. The van der Waals surface area contributed by atoms with E-state index in [-0.39, 0.29) is 30.7 Å². The number of rotatable bonds is 5. The third-order valence-corrected chi connectivity index (χ3v) is 5.00. The predicted molar refractivity (Wildman–Crippen MR) is 115 cm³/mol. The number of piperidine rings is 1. The highest BCUT2D eigenvalue weighted by Crippen LogP contribution is 2.18. The summed E-state index contributed by atoms with van der Waals surface area (Å²) >= 11 is 0. The number of hydrogen-bond donors (Lipinski definition) is 1. The first-order chi connectivity index (χ1) is 12.1. The predicted octanol–water partition coefficient (Wildman–Crippen LogP) is 3.29. The molecule has 0 bridgehead atoms. The molecule has 1 aromatic carbocycles. The molecule has 27 heavy (non-hydrogen) atoms. The highest BCUT2D eigenvalue weighted by molar-refractivity contribution is 5.94. The lowest BCUT2D eigenvalue weighted by atomic mass is 10.0. The van der Waals surface area contributed by atoms with E-state index in [1.165, 1.54) is 5.56 Å². The molecule has 1 amide bonds. The Hall–Kier alpha value is -1.82. The van der Waals surface area contributed by atoms with Crippen molar-refractivity contribution >= 4 is 36.5 Å². The fraction of sp³-hybridized carbons (Fsp3) is 0.400. The zero-order valence-electron chi connectivity index (χ0n) is 15.6. The fourth-order valence-electron chi connectivity index (χ4n) is 3.36. The zero-order valence-corrected chi connectivity index (χ0v) is 17.2. The van der Waals surface area contributed by atoms with Gasteiger partial charge in [0.2, 0.25) is 0 Å². The lowest BCUT2D eigenvalue weighted by Gasteiger charge is -2.36. The van der Waals surface area contributed by atoms with Crippen molar-refractivity contribution in [3.8, 4) is 0 Å². The largest absolute Gasteiger partial charge is 0.384 e. The molecule has 1 saturated heterocycles. The van der Waals surface area contributed by atoms with Crippen molar-refractivity contribution in [3.63, 3.8) is 0 Å². The molecule has 0 radical (unpaired) electrons. The molecule has 0 saturated carbocycles. The van der Waals surface area contributed by atoms with Crippen LogP contribution in [0.15, 0.2) is 48.7 Å². The second-order valence-corrected chi connectivity index (χ2v) is 6.71. The first-order valence-corrected chi connectivity index (χ1v) is 8.88. The van der Waals surface area contributed by atoms with E-state index < -0.39 is 0 Å². The number of carbonyl (C=O) groups excluding carboxylic acids is 1. The topological polar surface area (TPSA) is 62.5 Å². The van der Waals surface area contributed by atoms with E-state index in [0.717, 1.165) is 38.9 Å². The van der Waals surface area contributed by atoms with Crippen LogP contribution < -0.4 is 5.73 Å². The second-order valence-electron chi connectivity index (χ2n) is 6.71. The van der Waals surface area contributed by atoms with Gasteiger partial charge in [-0.3, -0.25) is 4.79 Å². The zero-order chi connectivity index (χ0) is 17.6. The maximum atomic E-state index is 12.5. The van der Waals surface area contributed by atoms with Gasteiger partial charge in [-0.05, 0) is 44.0 Å². The lowest BCUT2D eigenvalue weighted by Crippen LogP contribution is -2.46. The summed E-state index contributed by atoms with van der Waals surface area (Å²) in [6.07, 6.45) is 4.65. The Morgan fingerprint density at radius 3 is 2.41 bits per heavy atom. The summed E-state index contributed by atoms with van der Waals surface area (Å²) in [5.41, 5.74) is 7.57. The van der Waals surface area contributed by atoms with Gasteiger partial charge in [-0.2, -0.15) is 0 Å². The number of pyridine rings is 1. The van der Waals surface area contributed by atoms with E-state index in [9.17, 15) is 4.79 Å². The van der Waals surface area contributed by atoms with Crippen molar-refractivity contribution in [1.82, 2.24) is 14.8 Å². The van der Waals surface area contributed by atoms with E-state index in [0.29, 0.717) is 17.4 Å². The number of benzene rings is 1. The van der Waals surface area contributed by atoms with E-state index in [4.69, 9.17) is 5.73 Å². The molecule has 148 valence electrons. The third kappa shape index (κ3) is 6.38. The number of likely N-dealkylation sites (tertiary alicyclic amines) is 1. The Balaban J connectivity index is 0.00000182. The van der Waals surface area contributed by atoms with Crippen LogP contribution in [-0.2, 0) is 6.42 Å². The van der Waals surface area contributed by atoms with E-state index in [1.54, 1.807) is 18.3 Å². The Morgan fingerprint density at radius 1 is 1.15 bits per heavy atom. The number of likely N-dealkylation sites (N-methyl/N-ethyl adjacent to an activating group) is 1. The summed E-state index contributed by atoms with van der Waals surface area (Å²) < 4.78 is 0. The Labute approximate surface area is 173 Å². The summed E-state index contributed by atoms with van der Waals surface area (Å²) in [5.74, 6) is 0.494. The summed E-state index contributed by atoms with van der Waals surface area (Å²) in [6.45, 7) is 2.64. The fourth-order valence-corrected chi connectivity index (χ4v) is 3.36. The van der Waals surface area contributed by atoms with Crippen molar-refractivity contribution in [3.05, 3.63) is 59.8 Å². The number of nitrogen functional groups attached to an aromatic ring is 1. The van der Waals surface area contributed by atoms with Crippen LogP contribution in [0.3, 0.4) is 0 Å². The molecular weight excluding hydrogens is 383 g/mol. The van der Waals surface area contributed by atoms with Crippen LogP contribution in [-0.4, -0.2) is 53.4 Å². The average molecular weight is 411 g/mol. The normalized spacial score (nSPS) is 14.4. The minimum atomic E-state index is 0. The van der Waals surface area contributed by atoms with Crippen molar-refractivity contribution in [2.75, 3.05) is 32.4 Å². The smallest absolute Gasteiger partial charge is 0.255 e. The highest BCUT2D eigenvalue weighted by Gasteiger charge is 2.25. The van der Waals surface area contributed by atoms with E-state index in [2.05, 4.69) is 47.3 Å². The van der Waals surface area contributed by atoms with Gasteiger partial charge < -0.3 is 15.5 Å². The van der Waals surface area contributed by atoms with Gasteiger partial charge in [-0.25, -0.2) is 4.98 Å². The highest BCUT2D eigenvalue weighted by atomic mass is 35.5. The quantitative estimate of drug-likeness (QED) is 0.820. The van der Waals surface area contributed by atoms with Gasteiger partial charge >= 0.3 is 0 Å². The van der Waals surface area contributed by atoms with Crippen LogP contribution in [0.5, 0.6) is 0 Å². The van der Waals surface area contributed by atoms with Gasteiger partial charge in [0.15, 0.2) is 0 Å². The monoisotopic (exact) mass is 410 g/mol. The van der Waals surface area contributed by atoms with Crippen LogP contribution in [0.4, 0.5) is 5.82 Å². The van der Waals surface area contributed by atoms with Gasteiger partial charge in [-0.1, -0.05) is 30.3 Å². The number of aromatic nitrogens is 1. The Bertz CT molecular complexity index is 689. The molecule has 7 heteroatoms. The standard InChI is InChI=1S/C20H26N4O.2ClH/c1-23(12-9-16-5-3-2-4-6-16)18-10-13-24(14-11-18)20(25)17-7-8-19(21)22-15-17;;/h2-8,15,18H,9-14H2,1H3,(H2,21,22);2*1H. The molecule has 0 atom stereocenters. The van der Waals surface area contributed by atoms with Crippen LogP contribution in [0.1, 0.15) is 28.8 Å². The van der Waals surface area contributed by atoms with Crippen LogP contribution in [0.25, 0.3) is 0 Å². The molecule has 1 aliphatic rings. The lowest BCUT2D eigenvalue weighted by molar-refractivity contribution is 0.0646. The Kier molecular flexibility index (Phi) is 9.56. The number of nitrogens with zero attached hydrogens (tertiary/aromatic N) is 3. The minimum Gasteiger partial charge on any atom is -0.384 e. The summed E-state index contributed by atoms with van der Waals surface area (Å²) in [6, 6.07) is 14.6. The van der Waals surface area contributed by atoms with Crippen molar-refractivity contribution in [2.24, 2.45) is 0 Å². The van der Waals surface area contributed by atoms with Gasteiger partial charge in [-0.15, -0.1) is 24.8 Å². The summed E-state index contributed by atoms with van der Waals surface area (Å²) in [5, 5.41) is 0. The number of hydrogen-bond acceptors (Lipinski definition) is 4. The minimum absolute atomic E-state index is 0. The van der Waals surface area contributed by atoms with E-state index >= 15 is 0 Å². The van der Waals surface area contributed by atoms with Crippen molar-refractivity contribution < 1.29 is 4.79 Å². The molecule has 0 spiro atoms. The molecule has 5 nitrogen and oxygen atoms in total. The molecule has 0 unspecified atom stereocenters. The first kappa shape index (κ1) is 23.2. The van der Waals surface area contributed by atoms with Crippen LogP contribution in [0.2, 0.25) is 0 Å². The number of halogens is 2. The van der Waals surface area contributed by atoms with Crippen LogP contribution >= 0.6 is 24.8 Å². The van der Waals surface area contributed by atoms with E-state index in [1.807, 2.05) is 4.90 Å². The SMILES string of the molecule is CN(CCc1ccccc1)C1CCN(C(=O)c2ccc(N)nc2)CC1.Cl.Cl. The number of anilines is 1. The maximum Gasteiger partial charge on any atom is 0.255 e. The molecule has 1 fully saturated rings. The molecule has 3 rings (SSSR count). The van der Waals surface area contributed by atoms with Crippen LogP contribution in [0, 0.1) is 0 Å².